The van der Waals surface area contributed by atoms with E-state index in [1.807, 2.05) is 35.1 Å². The van der Waals surface area contributed by atoms with Gasteiger partial charge in [-0.2, -0.15) is 5.10 Å². The Balaban J connectivity index is 1.83. The molecular weight excluding hydrogens is 262 g/mol. The van der Waals surface area contributed by atoms with Crippen LogP contribution in [0.2, 0.25) is 0 Å². The van der Waals surface area contributed by atoms with Crippen LogP contribution in [0.4, 0.5) is 0 Å². The molecule has 21 heavy (non-hydrogen) atoms. The van der Waals surface area contributed by atoms with Crippen LogP contribution in [0.3, 0.4) is 0 Å². The fraction of sp³-hybridized carbons (Fsp3) is 0.235. The molecule has 3 heterocycles. The predicted octanol–water partition coefficient (Wildman–Crippen LogP) is 2.71. The minimum atomic E-state index is -0.224. The van der Waals surface area contributed by atoms with Crippen LogP contribution in [0.1, 0.15) is 29.2 Å². The molecule has 4 heteroatoms. The molecule has 0 aliphatic carbocycles. The molecule has 106 valence electrons. The Kier molecular flexibility index (Phi) is 2.89. The Morgan fingerprint density at radius 3 is 3.05 bits per heavy atom. The summed E-state index contributed by atoms with van der Waals surface area (Å²) in [6.45, 7) is 0.769. The van der Waals surface area contributed by atoms with Gasteiger partial charge < -0.3 is 10.5 Å². The number of nitrogens with two attached hydrogens (primary N) is 1. The molecule has 1 aromatic carbocycles. The van der Waals surface area contributed by atoms with Crippen molar-refractivity contribution in [3.63, 3.8) is 0 Å². The number of para-hydroxylation sites is 1. The van der Waals surface area contributed by atoms with Crippen molar-refractivity contribution in [1.82, 2.24) is 9.61 Å². The van der Waals surface area contributed by atoms with Crippen molar-refractivity contribution < 1.29 is 4.74 Å². The third kappa shape index (κ3) is 1.99. The summed E-state index contributed by atoms with van der Waals surface area (Å²) in [5, 5.41) is 4.37. The van der Waals surface area contributed by atoms with E-state index in [0.29, 0.717) is 0 Å². The summed E-state index contributed by atoms with van der Waals surface area (Å²) in [4.78, 5) is 0. The highest BCUT2D eigenvalue weighted by molar-refractivity contribution is 5.59. The van der Waals surface area contributed by atoms with Crippen LogP contribution < -0.4 is 10.5 Å². The van der Waals surface area contributed by atoms with Crippen LogP contribution in [-0.4, -0.2) is 16.2 Å². The van der Waals surface area contributed by atoms with Crippen LogP contribution in [0.5, 0.6) is 5.75 Å². The Labute approximate surface area is 123 Å². The lowest BCUT2D eigenvalue weighted by atomic mass is 9.95. The van der Waals surface area contributed by atoms with Crippen molar-refractivity contribution in [3.8, 4) is 5.75 Å². The predicted molar refractivity (Wildman–Crippen MR) is 81.5 cm³/mol. The van der Waals surface area contributed by atoms with Crippen molar-refractivity contribution in [2.75, 3.05) is 6.61 Å². The minimum absolute atomic E-state index is 0.224. The Bertz CT molecular complexity index is 794. The molecule has 2 N–H and O–H groups in total. The number of hydrogen-bond donors (Lipinski definition) is 1. The molecule has 4 nitrogen and oxygen atoms in total. The molecule has 2 aromatic heterocycles. The van der Waals surface area contributed by atoms with E-state index in [4.69, 9.17) is 10.5 Å². The molecule has 0 amide bonds. The number of fused-ring (bicyclic) bond motifs is 2. The van der Waals surface area contributed by atoms with E-state index in [1.54, 1.807) is 0 Å². The summed E-state index contributed by atoms with van der Waals surface area (Å²) < 4.78 is 7.73. The number of hydrogen-bond acceptors (Lipinski definition) is 3. The molecule has 1 aliphatic rings. The van der Waals surface area contributed by atoms with Crippen LogP contribution in [0.15, 0.2) is 48.8 Å². The minimum Gasteiger partial charge on any atom is -0.493 e. The normalized spacial score (nSPS) is 15.5. The van der Waals surface area contributed by atoms with Gasteiger partial charge in [-0.1, -0.05) is 24.3 Å². The highest BCUT2D eigenvalue weighted by Crippen LogP contribution is 2.35. The molecule has 0 bridgehead atoms. The average Bonchev–Trinajstić information content (AvgIpc) is 2.98. The fourth-order valence-electron chi connectivity index (χ4n) is 3.02. The lowest BCUT2D eigenvalue weighted by Crippen LogP contribution is -2.17. The first-order chi connectivity index (χ1) is 10.3. The highest BCUT2D eigenvalue weighted by atomic mass is 16.5. The first-order valence-corrected chi connectivity index (χ1v) is 7.27. The molecular formula is C17H17N3O. The van der Waals surface area contributed by atoms with Crippen molar-refractivity contribution in [2.45, 2.75) is 18.9 Å². The summed E-state index contributed by atoms with van der Waals surface area (Å²) in [6.07, 6.45) is 5.91. The highest BCUT2D eigenvalue weighted by Gasteiger charge is 2.21. The van der Waals surface area contributed by atoms with Gasteiger partial charge in [-0.15, -0.1) is 0 Å². The molecule has 0 radical (unpaired) electrons. The third-order valence-corrected chi connectivity index (χ3v) is 4.09. The Morgan fingerprint density at radius 2 is 2.10 bits per heavy atom. The van der Waals surface area contributed by atoms with Crippen LogP contribution in [-0.2, 0) is 6.42 Å². The van der Waals surface area contributed by atoms with Gasteiger partial charge in [-0.3, -0.25) is 0 Å². The van der Waals surface area contributed by atoms with Gasteiger partial charge in [0.05, 0.1) is 24.4 Å². The topological polar surface area (TPSA) is 52.5 Å². The largest absolute Gasteiger partial charge is 0.493 e. The van der Waals surface area contributed by atoms with Crippen molar-refractivity contribution in [1.29, 1.82) is 0 Å². The SMILES string of the molecule is NC(c1cccc2c1OCCC2)c1cnn2ccccc12. The summed E-state index contributed by atoms with van der Waals surface area (Å²) >= 11 is 0. The smallest absolute Gasteiger partial charge is 0.127 e. The van der Waals surface area contributed by atoms with Crippen molar-refractivity contribution in [2.24, 2.45) is 5.73 Å². The Hall–Kier alpha value is -2.33. The number of pyridine rings is 1. The van der Waals surface area contributed by atoms with Gasteiger partial charge in [-0.05, 0) is 30.5 Å². The van der Waals surface area contributed by atoms with E-state index in [0.717, 1.165) is 41.8 Å². The molecule has 0 saturated carbocycles. The molecule has 4 rings (SSSR count). The van der Waals surface area contributed by atoms with E-state index in [-0.39, 0.29) is 6.04 Å². The van der Waals surface area contributed by atoms with Gasteiger partial charge in [0.15, 0.2) is 0 Å². The monoisotopic (exact) mass is 279 g/mol. The second kappa shape index (κ2) is 4.90. The number of aromatic nitrogens is 2. The Morgan fingerprint density at radius 1 is 1.14 bits per heavy atom. The molecule has 0 fully saturated rings. The van der Waals surface area contributed by atoms with E-state index in [2.05, 4.69) is 23.3 Å². The molecule has 1 atom stereocenters. The first kappa shape index (κ1) is 12.4. The van der Waals surface area contributed by atoms with Gasteiger partial charge >= 0.3 is 0 Å². The maximum Gasteiger partial charge on any atom is 0.127 e. The van der Waals surface area contributed by atoms with Crippen LogP contribution in [0, 0.1) is 0 Å². The number of nitrogens with zero attached hydrogens (tertiary/aromatic N) is 2. The zero-order valence-corrected chi connectivity index (χ0v) is 11.7. The lowest BCUT2D eigenvalue weighted by Gasteiger charge is -2.23. The van der Waals surface area contributed by atoms with Gasteiger partial charge in [0.1, 0.15) is 5.75 Å². The number of benzene rings is 1. The zero-order chi connectivity index (χ0) is 14.2. The van der Waals surface area contributed by atoms with E-state index < -0.39 is 0 Å². The fourth-order valence-corrected chi connectivity index (χ4v) is 3.02. The quantitative estimate of drug-likeness (QED) is 0.784. The molecule has 1 unspecified atom stereocenters. The van der Waals surface area contributed by atoms with E-state index in [1.165, 1.54) is 5.56 Å². The van der Waals surface area contributed by atoms with Crippen LogP contribution >= 0.6 is 0 Å². The van der Waals surface area contributed by atoms with Gasteiger partial charge in [0.25, 0.3) is 0 Å². The second-order valence-electron chi connectivity index (χ2n) is 5.40. The van der Waals surface area contributed by atoms with E-state index >= 15 is 0 Å². The lowest BCUT2D eigenvalue weighted by molar-refractivity contribution is 0.284. The van der Waals surface area contributed by atoms with Crippen molar-refractivity contribution >= 4 is 5.52 Å². The average molecular weight is 279 g/mol. The second-order valence-corrected chi connectivity index (χ2v) is 5.40. The summed E-state index contributed by atoms with van der Waals surface area (Å²) in [6, 6.07) is 12.0. The van der Waals surface area contributed by atoms with Gasteiger partial charge in [-0.25, -0.2) is 4.52 Å². The maximum absolute atomic E-state index is 6.52. The maximum atomic E-state index is 6.52. The van der Waals surface area contributed by atoms with Gasteiger partial charge in [0.2, 0.25) is 0 Å². The number of aryl methyl sites for hydroxylation is 1. The van der Waals surface area contributed by atoms with Gasteiger partial charge in [0, 0.05) is 17.3 Å². The summed E-state index contributed by atoms with van der Waals surface area (Å²) in [7, 11) is 0. The third-order valence-electron chi connectivity index (χ3n) is 4.09. The van der Waals surface area contributed by atoms with Crippen LogP contribution in [0.25, 0.3) is 5.52 Å². The standard InChI is InChI=1S/C17H17N3O/c18-16(14-11-19-20-9-2-1-8-15(14)20)13-7-3-5-12-6-4-10-21-17(12)13/h1-3,5,7-9,11,16H,4,6,10,18H2. The first-order valence-electron chi connectivity index (χ1n) is 7.27. The zero-order valence-electron chi connectivity index (χ0n) is 11.7. The molecule has 1 aliphatic heterocycles. The van der Waals surface area contributed by atoms with Crippen molar-refractivity contribution in [3.05, 3.63) is 65.5 Å². The van der Waals surface area contributed by atoms with E-state index in [9.17, 15) is 0 Å². The molecule has 0 spiro atoms. The molecule has 3 aromatic rings. The molecule has 0 saturated heterocycles. The number of ether oxygens (including phenoxy) is 1. The summed E-state index contributed by atoms with van der Waals surface area (Å²) in [5.41, 5.74) is 10.9. The number of rotatable bonds is 2. The summed E-state index contributed by atoms with van der Waals surface area (Å²) in [5.74, 6) is 0.964.